The van der Waals surface area contributed by atoms with Gasteiger partial charge in [-0.1, -0.05) is 48.5 Å². The topological polar surface area (TPSA) is 134 Å². The number of rotatable bonds is 6. The Morgan fingerprint density at radius 1 is 0.971 bits per heavy atom. The molecule has 3 heterocycles. The van der Waals surface area contributed by atoms with Crippen LogP contribution in [-0.4, -0.2) is 24.2 Å². The summed E-state index contributed by atoms with van der Waals surface area (Å²) in [5.41, 5.74) is 5.74. The smallest absolute Gasteiger partial charge is 0.296 e. The minimum absolute atomic E-state index is 0.258. The lowest BCUT2D eigenvalue weighted by molar-refractivity contribution is 0.603. The molecule has 5 rings (SSSR count). The fourth-order valence-electron chi connectivity index (χ4n) is 3.96. The molecule has 1 aliphatic rings. The van der Waals surface area contributed by atoms with E-state index in [2.05, 4.69) is 43.5 Å². The summed E-state index contributed by atoms with van der Waals surface area (Å²) in [7, 11) is -3.93. The fraction of sp³-hybridized carbons (Fsp3) is 0.0800. The number of benzene rings is 2. The molecule has 1 aliphatic heterocycles. The van der Waals surface area contributed by atoms with E-state index in [1.54, 1.807) is 18.5 Å². The molecule has 0 aliphatic carbocycles. The molecule has 2 aromatic heterocycles. The van der Waals surface area contributed by atoms with Gasteiger partial charge in [0.15, 0.2) is 0 Å². The summed E-state index contributed by atoms with van der Waals surface area (Å²) >= 11 is 0. The molecule has 2 aromatic carbocycles. The number of nitrogens with two attached hydrogens (primary N) is 1. The van der Waals surface area contributed by atoms with Gasteiger partial charge in [0, 0.05) is 29.2 Å². The van der Waals surface area contributed by atoms with Gasteiger partial charge in [-0.15, -0.1) is 0 Å². The van der Waals surface area contributed by atoms with Crippen molar-refractivity contribution in [2.75, 3.05) is 10.0 Å². The van der Waals surface area contributed by atoms with Crippen LogP contribution in [-0.2, 0) is 16.8 Å². The van der Waals surface area contributed by atoms with Crippen molar-refractivity contribution in [1.29, 1.82) is 0 Å². The van der Waals surface area contributed by atoms with Gasteiger partial charge in [-0.2, -0.15) is 8.42 Å². The summed E-state index contributed by atoms with van der Waals surface area (Å²) in [6.07, 6.45) is 4.28. The summed E-state index contributed by atoms with van der Waals surface area (Å²) < 4.78 is 25.2. The number of hydrogen-bond donors (Lipinski definition) is 4. The van der Waals surface area contributed by atoms with E-state index in [1.807, 2.05) is 48.5 Å². The van der Waals surface area contributed by atoms with Gasteiger partial charge in [-0.3, -0.25) is 14.7 Å². The van der Waals surface area contributed by atoms with Crippen LogP contribution in [0.5, 0.6) is 0 Å². The van der Waals surface area contributed by atoms with Crippen LogP contribution < -0.4 is 20.5 Å². The van der Waals surface area contributed by atoms with Gasteiger partial charge in [0.1, 0.15) is 12.0 Å². The highest BCUT2D eigenvalue weighted by atomic mass is 32.2. The molecule has 0 bridgehead atoms. The maximum absolute atomic E-state index is 11.5. The Balaban J connectivity index is 1.56. The van der Waals surface area contributed by atoms with Crippen LogP contribution in [0.1, 0.15) is 23.0 Å². The number of amidine groups is 1. The molecule has 0 spiro atoms. The predicted octanol–water partition coefficient (Wildman–Crippen LogP) is 3.42. The van der Waals surface area contributed by atoms with Crippen molar-refractivity contribution in [3.8, 4) is 11.1 Å². The van der Waals surface area contributed by atoms with E-state index in [1.165, 1.54) is 6.20 Å². The minimum Gasteiger partial charge on any atom is -0.364 e. The number of aliphatic imine (C=N–C) groups is 1. The molecular weight excluding hydrogens is 462 g/mol. The van der Waals surface area contributed by atoms with Crippen LogP contribution in [0.4, 0.5) is 11.4 Å². The van der Waals surface area contributed by atoms with Crippen LogP contribution in [0.25, 0.3) is 11.1 Å². The first-order valence-corrected chi connectivity index (χ1v) is 12.4. The quantitative estimate of drug-likeness (QED) is 0.331. The molecule has 1 atom stereocenters. The van der Waals surface area contributed by atoms with Crippen LogP contribution in [0.3, 0.4) is 0 Å². The zero-order chi connectivity index (χ0) is 24.3. The predicted molar refractivity (Wildman–Crippen MR) is 137 cm³/mol. The molecule has 0 saturated carbocycles. The minimum atomic E-state index is -3.93. The lowest BCUT2D eigenvalue weighted by Crippen LogP contribution is -2.31. The lowest BCUT2D eigenvalue weighted by Gasteiger charge is -2.28. The van der Waals surface area contributed by atoms with E-state index in [0.717, 1.165) is 28.1 Å². The lowest BCUT2D eigenvalue weighted by atomic mass is 9.95. The van der Waals surface area contributed by atoms with Crippen LogP contribution >= 0.6 is 0 Å². The third-order valence-corrected chi connectivity index (χ3v) is 5.96. The zero-order valence-electron chi connectivity index (χ0n) is 18.6. The van der Waals surface area contributed by atoms with Crippen LogP contribution in [0.15, 0.2) is 96.4 Å². The van der Waals surface area contributed by atoms with E-state index in [9.17, 15) is 8.42 Å². The standard InChI is InChI=1S/C25H23N7O2S/c26-35(33,34)32-20-13-18(14-27-15-20)24-30-22-11-6-10-21(17-7-2-1-3-8-17)23(22)25(31-24)29-16-19-9-4-5-12-28-19/h1-15,24,30,32H,16H2,(H,29,31)(H2,26,33,34). The number of nitrogens with one attached hydrogen (secondary N) is 3. The van der Waals surface area contributed by atoms with Crippen molar-refractivity contribution in [1.82, 2.24) is 15.3 Å². The molecule has 176 valence electrons. The highest BCUT2D eigenvalue weighted by Gasteiger charge is 2.25. The molecule has 1 unspecified atom stereocenters. The van der Waals surface area contributed by atoms with E-state index in [0.29, 0.717) is 17.9 Å². The molecule has 9 nitrogen and oxygen atoms in total. The molecule has 5 N–H and O–H groups in total. The van der Waals surface area contributed by atoms with Crippen LogP contribution in [0.2, 0.25) is 0 Å². The first kappa shape index (κ1) is 22.5. The van der Waals surface area contributed by atoms with Gasteiger partial charge in [-0.25, -0.2) is 10.1 Å². The van der Waals surface area contributed by atoms with Crippen molar-refractivity contribution < 1.29 is 8.42 Å². The first-order valence-electron chi connectivity index (χ1n) is 10.9. The Bertz CT molecular complexity index is 1480. The monoisotopic (exact) mass is 485 g/mol. The summed E-state index contributed by atoms with van der Waals surface area (Å²) in [5, 5.41) is 12.0. The summed E-state index contributed by atoms with van der Waals surface area (Å²) in [6.45, 7) is 0.486. The average molecular weight is 486 g/mol. The van der Waals surface area contributed by atoms with Crippen LogP contribution in [0, 0.1) is 0 Å². The molecule has 4 aromatic rings. The van der Waals surface area contributed by atoms with Crippen molar-refractivity contribution in [3.63, 3.8) is 0 Å². The normalized spacial score (nSPS) is 14.9. The van der Waals surface area contributed by atoms with E-state index in [4.69, 9.17) is 10.1 Å². The van der Waals surface area contributed by atoms with E-state index in [-0.39, 0.29) is 5.69 Å². The van der Waals surface area contributed by atoms with Crippen molar-refractivity contribution in [3.05, 3.63) is 108 Å². The number of nitrogens with zero attached hydrogens (tertiary/aromatic N) is 3. The molecule has 0 saturated heterocycles. The number of hydrogen-bond acceptors (Lipinski definition) is 7. The molecule has 0 amide bonds. The van der Waals surface area contributed by atoms with Gasteiger partial charge >= 0.3 is 0 Å². The molecule has 10 heteroatoms. The number of aromatic nitrogens is 2. The van der Waals surface area contributed by atoms with Gasteiger partial charge in [0.2, 0.25) is 0 Å². The summed E-state index contributed by atoms with van der Waals surface area (Å²) in [6, 6.07) is 23.6. The Morgan fingerprint density at radius 2 is 1.80 bits per heavy atom. The Labute approximate surface area is 203 Å². The highest BCUT2D eigenvalue weighted by molar-refractivity contribution is 7.90. The SMILES string of the molecule is NS(=O)(=O)Nc1cncc(C2N=C(NCc3ccccn3)c3c(cccc3-c3ccccc3)N2)c1. The second kappa shape index (κ2) is 9.53. The van der Waals surface area contributed by atoms with E-state index >= 15 is 0 Å². The second-order valence-corrected chi connectivity index (χ2v) is 9.24. The third kappa shape index (κ3) is 5.29. The number of fused-ring (bicyclic) bond motifs is 1. The third-order valence-electron chi connectivity index (χ3n) is 5.43. The highest BCUT2D eigenvalue weighted by Crippen LogP contribution is 2.36. The molecular formula is C25H23N7O2S. The van der Waals surface area contributed by atoms with Gasteiger partial charge in [-0.05, 0) is 35.4 Å². The van der Waals surface area contributed by atoms with Crippen molar-refractivity contribution >= 4 is 27.4 Å². The average Bonchev–Trinajstić information content (AvgIpc) is 2.87. The van der Waals surface area contributed by atoms with Gasteiger partial charge in [0.05, 0.1) is 24.1 Å². The van der Waals surface area contributed by atoms with Crippen molar-refractivity contribution in [2.45, 2.75) is 12.7 Å². The fourth-order valence-corrected chi connectivity index (χ4v) is 4.40. The Hall–Kier alpha value is -4.28. The molecule has 35 heavy (non-hydrogen) atoms. The largest absolute Gasteiger partial charge is 0.364 e. The number of pyridine rings is 2. The van der Waals surface area contributed by atoms with Gasteiger partial charge in [0.25, 0.3) is 10.2 Å². The zero-order valence-corrected chi connectivity index (χ0v) is 19.4. The summed E-state index contributed by atoms with van der Waals surface area (Å²) in [4.78, 5) is 13.5. The maximum atomic E-state index is 11.5. The molecule has 0 fully saturated rings. The Morgan fingerprint density at radius 3 is 2.57 bits per heavy atom. The van der Waals surface area contributed by atoms with Gasteiger partial charge < -0.3 is 10.6 Å². The van der Waals surface area contributed by atoms with E-state index < -0.39 is 16.4 Å². The first-order chi connectivity index (χ1) is 17.0. The molecule has 0 radical (unpaired) electrons. The summed E-state index contributed by atoms with van der Waals surface area (Å²) in [5.74, 6) is 0.693. The number of anilines is 2. The maximum Gasteiger partial charge on any atom is 0.296 e. The van der Waals surface area contributed by atoms with Crippen molar-refractivity contribution in [2.24, 2.45) is 10.1 Å². The Kier molecular flexibility index (Phi) is 6.13. The second-order valence-electron chi connectivity index (χ2n) is 7.95.